The number of amides is 1. The Hall–Kier alpha value is -1.91. The molecule has 4 heteroatoms. The van der Waals surface area contributed by atoms with Gasteiger partial charge in [0.2, 0.25) is 5.91 Å². The number of hydrogen-bond acceptors (Lipinski definition) is 3. The van der Waals surface area contributed by atoms with Crippen LogP contribution in [0, 0.1) is 0 Å². The molecule has 1 amide bonds. The van der Waals surface area contributed by atoms with Gasteiger partial charge >= 0.3 is 0 Å². The molecule has 0 bridgehead atoms. The van der Waals surface area contributed by atoms with Gasteiger partial charge in [-0.1, -0.05) is 235 Å². The largest absolute Gasteiger partial charge is 0.394 e. The summed E-state index contributed by atoms with van der Waals surface area (Å²) in [6.07, 6.45) is 69.3. The number of aliphatic hydroxyl groups is 2. The number of aliphatic hydroxyl groups excluding tert-OH is 2. The lowest BCUT2D eigenvalue weighted by Gasteiger charge is -2.19. The van der Waals surface area contributed by atoms with E-state index in [0.29, 0.717) is 6.42 Å². The third-order valence-electron chi connectivity index (χ3n) is 11.5. The summed E-state index contributed by atoms with van der Waals surface area (Å²) < 4.78 is 0. The molecule has 58 heavy (non-hydrogen) atoms. The van der Waals surface area contributed by atoms with Crippen LogP contribution in [0.25, 0.3) is 0 Å². The Morgan fingerprint density at radius 2 is 0.724 bits per heavy atom. The van der Waals surface area contributed by atoms with E-state index >= 15 is 0 Å². The van der Waals surface area contributed by atoms with Gasteiger partial charge in [-0.25, -0.2) is 0 Å². The van der Waals surface area contributed by atoms with Crippen molar-refractivity contribution in [2.45, 2.75) is 270 Å². The minimum Gasteiger partial charge on any atom is -0.394 e. The van der Waals surface area contributed by atoms with E-state index < -0.39 is 12.1 Å². The molecule has 0 radical (unpaired) electrons. The molecule has 3 N–H and O–H groups in total. The van der Waals surface area contributed by atoms with E-state index in [1.807, 2.05) is 6.08 Å². The van der Waals surface area contributed by atoms with Crippen molar-refractivity contribution in [1.29, 1.82) is 0 Å². The highest BCUT2D eigenvalue weighted by molar-refractivity contribution is 5.76. The molecule has 4 nitrogen and oxygen atoms in total. The fraction of sp³-hybridized carbons (Fsp3) is 0.796. The van der Waals surface area contributed by atoms with Gasteiger partial charge in [0.15, 0.2) is 0 Å². The van der Waals surface area contributed by atoms with Crippen LogP contribution in [0.1, 0.15) is 258 Å². The van der Waals surface area contributed by atoms with E-state index in [2.05, 4.69) is 67.8 Å². The fourth-order valence-corrected chi connectivity index (χ4v) is 7.54. The van der Waals surface area contributed by atoms with Crippen molar-refractivity contribution in [3.8, 4) is 0 Å². The van der Waals surface area contributed by atoms with Crippen LogP contribution in [0.5, 0.6) is 0 Å². The Labute approximate surface area is 362 Å². The highest BCUT2D eigenvalue weighted by Crippen LogP contribution is 2.15. The van der Waals surface area contributed by atoms with E-state index in [9.17, 15) is 15.0 Å². The Balaban J connectivity index is 3.52. The molecule has 338 valence electrons. The molecule has 0 saturated heterocycles. The van der Waals surface area contributed by atoms with Gasteiger partial charge in [-0.2, -0.15) is 0 Å². The predicted molar refractivity (Wildman–Crippen MR) is 258 cm³/mol. The zero-order chi connectivity index (χ0) is 42.1. The zero-order valence-electron chi connectivity index (χ0n) is 38.8. The van der Waals surface area contributed by atoms with E-state index in [-0.39, 0.29) is 12.5 Å². The lowest BCUT2D eigenvalue weighted by atomic mass is 10.0. The maximum atomic E-state index is 12.4. The van der Waals surface area contributed by atoms with Gasteiger partial charge in [0.25, 0.3) is 0 Å². The van der Waals surface area contributed by atoms with Crippen molar-refractivity contribution >= 4 is 5.91 Å². The lowest BCUT2D eigenvalue weighted by molar-refractivity contribution is -0.123. The quantitative estimate of drug-likeness (QED) is 0.0424. The molecule has 0 aliphatic carbocycles. The normalized spacial score (nSPS) is 13.4. The van der Waals surface area contributed by atoms with Gasteiger partial charge in [-0.3, -0.25) is 4.79 Å². The Kier molecular flexibility index (Phi) is 47.8. The topological polar surface area (TPSA) is 69.6 Å². The highest BCUT2D eigenvalue weighted by atomic mass is 16.3. The first-order chi connectivity index (χ1) is 28.7. The van der Waals surface area contributed by atoms with Crippen molar-refractivity contribution in [2.24, 2.45) is 0 Å². The van der Waals surface area contributed by atoms with E-state index in [1.54, 1.807) is 6.08 Å². The Bertz CT molecular complexity index is 965. The van der Waals surface area contributed by atoms with Gasteiger partial charge in [-0.15, -0.1) is 0 Å². The highest BCUT2D eigenvalue weighted by Gasteiger charge is 2.17. The number of nitrogens with one attached hydrogen (secondary N) is 1. The fourth-order valence-electron chi connectivity index (χ4n) is 7.54. The third kappa shape index (κ3) is 45.2. The SMILES string of the molecule is CCCCCCC/C=C/CC/C=C/CC/C=C/C(O)C(CO)NC(=O)CCCCCCCCCCCCCCCCC/C=C\C/C=C\CCCCCCCCCCC. The van der Waals surface area contributed by atoms with Crippen LogP contribution in [0.4, 0.5) is 0 Å². The standard InChI is InChI=1S/C54H99NO3/c1-3-5-7-9-11-13-15-17-19-20-21-22-23-24-25-26-27-28-29-30-31-32-33-34-36-38-40-42-44-46-48-50-54(58)55-52(51-56)53(57)49-47-45-43-41-39-37-35-18-16-14-12-10-8-6-4-2/h16,18,21-22,24-25,39,41,47,49,52-53,56-57H,3-15,17,19-20,23,26-38,40,42-46,48,50-51H2,1-2H3,(H,55,58)/b18-16+,22-21-,25-24-,41-39+,49-47+. The number of carbonyl (C=O) groups excluding carboxylic acids is 1. The average molecular weight is 810 g/mol. The maximum Gasteiger partial charge on any atom is 0.220 e. The second-order valence-electron chi connectivity index (χ2n) is 17.2. The summed E-state index contributed by atoms with van der Waals surface area (Å²) in [4.78, 5) is 12.4. The van der Waals surface area contributed by atoms with Crippen LogP contribution >= 0.6 is 0 Å². The molecule has 2 atom stereocenters. The second-order valence-corrected chi connectivity index (χ2v) is 17.2. The molecule has 0 heterocycles. The molecule has 0 saturated carbocycles. The van der Waals surface area contributed by atoms with E-state index in [4.69, 9.17) is 0 Å². The van der Waals surface area contributed by atoms with Crippen molar-refractivity contribution in [3.05, 3.63) is 60.8 Å². The molecule has 0 aromatic carbocycles. The number of allylic oxidation sites excluding steroid dienone is 9. The van der Waals surface area contributed by atoms with Crippen LogP contribution in [0.15, 0.2) is 60.8 Å². The monoisotopic (exact) mass is 810 g/mol. The van der Waals surface area contributed by atoms with Crippen LogP contribution in [0.3, 0.4) is 0 Å². The van der Waals surface area contributed by atoms with Crippen molar-refractivity contribution < 1.29 is 15.0 Å². The summed E-state index contributed by atoms with van der Waals surface area (Å²) in [5, 5.41) is 23.0. The summed E-state index contributed by atoms with van der Waals surface area (Å²) in [5.41, 5.74) is 0. The van der Waals surface area contributed by atoms with Crippen molar-refractivity contribution in [1.82, 2.24) is 5.32 Å². The Morgan fingerprint density at radius 3 is 1.10 bits per heavy atom. The summed E-state index contributed by atoms with van der Waals surface area (Å²) in [6.45, 7) is 4.28. The maximum absolute atomic E-state index is 12.4. The first-order valence-corrected chi connectivity index (χ1v) is 25.5. The van der Waals surface area contributed by atoms with Crippen molar-refractivity contribution in [3.63, 3.8) is 0 Å². The summed E-state index contributed by atoms with van der Waals surface area (Å²) in [7, 11) is 0. The number of hydrogen-bond donors (Lipinski definition) is 3. The van der Waals surface area contributed by atoms with Crippen LogP contribution in [0.2, 0.25) is 0 Å². The molecule has 0 fully saturated rings. The molecule has 0 aromatic rings. The average Bonchev–Trinajstić information content (AvgIpc) is 3.23. The second kappa shape index (κ2) is 49.5. The summed E-state index contributed by atoms with van der Waals surface area (Å²) in [6, 6.07) is -0.646. The van der Waals surface area contributed by atoms with Gasteiger partial charge in [0.1, 0.15) is 0 Å². The molecule has 0 aromatic heterocycles. The van der Waals surface area contributed by atoms with Gasteiger partial charge in [-0.05, 0) is 77.0 Å². The molecule has 0 aliphatic rings. The number of rotatable bonds is 46. The van der Waals surface area contributed by atoms with Crippen molar-refractivity contribution in [2.75, 3.05) is 6.61 Å². The molecular weight excluding hydrogens is 711 g/mol. The molecular formula is C54H99NO3. The van der Waals surface area contributed by atoms with E-state index in [0.717, 1.165) is 44.9 Å². The van der Waals surface area contributed by atoms with Gasteiger partial charge in [0, 0.05) is 6.42 Å². The molecule has 0 spiro atoms. The molecule has 0 aliphatic heterocycles. The minimum atomic E-state index is -0.871. The Morgan fingerprint density at radius 1 is 0.414 bits per heavy atom. The van der Waals surface area contributed by atoms with Gasteiger partial charge < -0.3 is 15.5 Å². The predicted octanol–water partition coefficient (Wildman–Crippen LogP) is 16.5. The minimum absolute atomic E-state index is 0.0783. The molecule has 2 unspecified atom stereocenters. The third-order valence-corrected chi connectivity index (χ3v) is 11.5. The van der Waals surface area contributed by atoms with Gasteiger partial charge in [0.05, 0.1) is 18.8 Å². The van der Waals surface area contributed by atoms with Crippen LogP contribution < -0.4 is 5.32 Å². The lowest BCUT2D eigenvalue weighted by Crippen LogP contribution is -2.45. The summed E-state index contributed by atoms with van der Waals surface area (Å²) >= 11 is 0. The summed E-state index contributed by atoms with van der Waals surface area (Å²) in [5.74, 6) is -0.0783. The van der Waals surface area contributed by atoms with E-state index in [1.165, 1.54) is 193 Å². The zero-order valence-corrected chi connectivity index (χ0v) is 38.8. The number of unbranched alkanes of at least 4 members (excludes halogenated alkanes) is 31. The first-order valence-electron chi connectivity index (χ1n) is 25.5. The van der Waals surface area contributed by atoms with Crippen LogP contribution in [-0.2, 0) is 4.79 Å². The number of carbonyl (C=O) groups is 1. The smallest absolute Gasteiger partial charge is 0.220 e. The van der Waals surface area contributed by atoms with Crippen LogP contribution in [-0.4, -0.2) is 34.9 Å². The first kappa shape index (κ1) is 56.1. The molecule has 0 rings (SSSR count).